The van der Waals surface area contributed by atoms with Gasteiger partial charge in [-0.3, -0.25) is 0 Å². The number of hydrogen-bond donors (Lipinski definition) is 2. The summed E-state index contributed by atoms with van der Waals surface area (Å²) in [5.74, 6) is 1.82. The maximum atomic E-state index is 4.82. The summed E-state index contributed by atoms with van der Waals surface area (Å²) >= 11 is 0. The van der Waals surface area contributed by atoms with Gasteiger partial charge in [0.25, 0.3) is 0 Å². The van der Waals surface area contributed by atoms with Crippen molar-refractivity contribution in [3.8, 4) is 0 Å². The molecule has 3 aromatic rings. The number of aromatic nitrogens is 2. The molecule has 31 heavy (non-hydrogen) atoms. The first-order valence-corrected chi connectivity index (χ1v) is 11.1. The normalized spacial score (nSPS) is 16.5. The number of nitrogens with zero attached hydrogens (tertiary/aromatic N) is 4. The van der Waals surface area contributed by atoms with Gasteiger partial charge in [0, 0.05) is 50.3 Å². The second-order valence-corrected chi connectivity index (χ2v) is 8.06. The molecule has 0 spiro atoms. The van der Waals surface area contributed by atoms with E-state index in [0.717, 1.165) is 44.4 Å². The van der Waals surface area contributed by atoms with Crippen molar-refractivity contribution < 1.29 is 0 Å². The van der Waals surface area contributed by atoms with E-state index in [1.807, 2.05) is 18.5 Å². The number of imidazole rings is 1. The van der Waals surface area contributed by atoms with Gasteiger partial charge in [-0.2, -0.15) is 0 Å². The standard InChI is InChI=1S/C25H32N6/c1-3-26-25(29-22-13-15-30(19-22)23-11-9-20(2)10-12-23)28-17-24-27-14-16-31(24)18-21-7-5-4-6-8-21/h4-12,14,16,22H,3,13,15,17-19H2,1-2H3,(H2,26,28,29). The summed E-state index contributed by atoms with van der Waals surface area (Å²) in [5, 5.41) is 7.01. The molecular weight excluding hydrogens is 384 g/mol. The minimum atomic E-state index is 0.378. The van der Waals surface area contributed by atoms with Gasteiger partial charge in [0.1, 0.15) is 12.4 Å². The first-order chi connectivity index (χ1) is 15.2. The van der Waals surface area contributed by atoms with E-state index in [2.05, 4.69) is 87.5 Å². The maximum absolute atomic E-state index is 4.82. The number of nitrogens with one attached hydrogen (secondary N) is 2. The Bertz CT molecular complexity index is 977. The lowest BCUT2D eigenvalue weighted by Gasteiger charge is -2.20. The van der Waals surface area contributed by atoms with Gasteiger partial charge in [-0.1, -0.05) is 48.0 Å². The summed E-state index contributed by atoms with van der Waals surface area (Å²) in [5.41, 5.74) is 3.85. The molecule has 162 valence electrons. The Labute approximate surface area is 185 Å². The smallest absolute Gasteiger partial charge is 0.191 e. The number of guanidine groups is 1. The van der Waals surface area contributed by atoms with E-state index < -0.39 is 0 Å². The fraction of sp³-hybridized carbons (Fsp3) is 0.360. The van der Waals surface area contributed by atoms with Gasteiger partial charge in [-0.25, -0.2) is 9.98 Å². The van der Waals surface area contributed by atoms with E-state index in [1.165, 1.54) is 16.8 Å². The Morgan fingerprint density at radius 2 is 1.94 bits per heavy atom. The third-order valence-corrected chi connectivity index (χ3v) is 5.65. The Balaban J connectivity index is 1.37. The SMILES string of the molecule is CCNC(=NCc1nccn1Cc1ccccc1)NC1CCN(c2ccc(C)cc2)C1. The monoisotopic (exact) mass is 416 g/mol. The zero-order valence-corrected chi connectivity index (χ0v) is 18.5. The molecule has 0 radical (unpaired) electrons. The third kappa shape index (κ3) is 5.66. The van der Waals surface area contributed by atoms with Crippen LogP contribution >= 0.6 is 0 Å². The highest BCUT2D eigenvalue weighted by Crippen LogP contribution is 2.20. The highest BCUT2D eigenvalue weighted by atomic mass is 15.2. The van der Waals surface area contributed by atoms with Crippen molar-refractivity contribution in [3.63, 3.8) is 0 Å². The number of rotatable bonds is 7. The predicted octanol–water partition coefficient (Wildman–Crippen LogP) is 3.57. The molecule has 1 saturated heterocycles. The highest BCUT2D eigenvalue weighted by Gasteiger charge is 2.23. The molecule has 1 fully saturated rings. The van der Waals surface area contributed by atoms with Crippen molar-refractivity contribution >= 4 is 11.6 Å². The van der Waals surface area contributed by atoms with E-state index in [4.69, 9.17) is 4.99 Å². The second kappa shape index (κ2) is 10.2. The summed E-state index contributed by atoms with van der Waals surface area (Å²) < 4.78 is 2.16. The van der Waals surface area contributed by atoms with Crippen molar-refractivity contribution in [2.45, 2.75) is 39.4 Å². The van der Waals surface area contributed by atoms with Crippen LogP contribution in [0.15, 0.2) is 72.0 Å². The minimum absolute atomic E-state index is 0.378. The Kier molecular flexibility index (Phi) is 6.87. The van der Waals surface area contributed by atoms with Crippen LogP contribution < -0.4 is 15.5 Å². The number of hydrogen-bond acceptors (Lipinski definition) is 3. The van der Waals surface area contributed by atoms with Gasteiger partial charge < -0.3 is 20.1 Å². The minimum Gasteiger partial charge on any atom is -0.369 e. The van der Waals surface area contributed by atoms with Crippen LogP contribution in [0, 0.1) is 6.92 Å². The first kappa shape index (κ1) is 21.0. The largest absolute Gasteiger partial charge is 0.369 e. The Hall–Kier alpha value is -3.28. The molecule has 1 aromatic heterocycles. The molecule has 0 amide bonds. The van der Waals surface area contributed by atoms with Crippen molar-refractivity contribution in [2.75, 3.05) is 24.5 Å². The first-order valence-electron chi connectivity index (χ1n) is 11.1. The van der Waals surface area contributed by atoms with Gasteiger partial charge in [-0.05, 0) is 38.0 Å². The van der Waals surface area contributed by atoms with Crippen molar-refractivity contribution in [1.29, 1.82) is 0 Å². The molecule has 0 bridgehead atoms. The Morgan fingerprint density at radius 3 is 2.71 bits per heavy atom. The second-order valence-electron chi connectivity index (χ2n) is 8.06. The molecule has 1 aliphatic rings. The molecule has 2 N–H and O–H groups in total. The quantitative estimate of drug-likeness (QED) is 0.457. The third-order valence-electron chi connectivity index (χ3n) is 5.65. The number of benzene rings is 2. The fourth-order valence-electron chi connectivity index (χ4n) is 3.95. The van der Waals surface area contributed by atoms with Crippen LogP contribution in [0.2, 0.25) is 0 Å². The molecule has 2 heterocycles. The lowest BCUT2D eigenvalue weighted by atomic mass is 10.2. The average molecular weight is 417 g/mol. The predicted molar refractivity (Wildman–Crippen MR) is 128 cm³/mol. The van der Waals surface area contributed by atoms with E-state index in [1.54, 1.807) is 0 Å². The van der Waals surface area contributed by atoms with Crippen LogP contribution in [-0.4, -0.2) is 41.2 Å². The van der Waals surface area contributed by atoms with E-state index in [-0.39, 0.29) is 0 Å². The summed E-state index contributed by atoms with van der Waals surface area (Å²) in [6.07, 6.45) is 4.97. The van der Waals surface area contributed by atoms with Crippen LogP contribution in [0.5, 0.6) is 0 Å². The maximum Gasteiger partial charge on any atom is 0.191 e. The van der Waals surface area contributed by atoms with Gasteiger partial charge in [0.2, 0.25) is 0 Å². The zero-order chi connectivity index (χ0) is 21.5. The molecule has 6 nitrogen and oxygen atoms in total. The van der Waals surface area contributed by atoms with Crippen LogP contribution in [0.4, 0.5) is 5.69 Å². The summed E-state index contributed by atoms with van der Waals surface area (Å²) in [6.45, 7) is 8.45. The molecule has 1 atom stereocenters. The molecule has 6 heteroatoms. The van der Waals surface area contributed by atoms with Gasteiger partial charge in [-0.15, -0.1) is 0 Å². The topological polar surface area (TPSA) is 57.5 Å². The van der Waals surface area contributed by atoms with Crippen LogP contribution in [0.25, 0.3) is 0 Å². The van der Waals surface area contributed by atoms with E-state index >= 15 is 0 Å². The van der Waals surface area contributed by atoms with E-state index in [9.17, 15) is 0 Å². The van der Waals surface area contributed by atoms with Gasteiger partial charge >= 0.3 is 0 Å². The zero-order valence-electron chi connectivity index (χ0n) is 18.5. The van der Waals surface area contributed by atoms with Crippen LogP contribution in [0.1, 0.15) is 30.3 Å². The Morgan fingerprint density at radius 1 is 1.13 bits per heavy atom. The highest BCUT2D eigenvalue weighted by molar-refractivity contribution is 5.80. The van der Waals surface area contributed by atoms with Crippen molar-refractivity contribution in [1.82, 2.24) is 20.2 Å². The molecule has 1 unspecified atom stereocenters. The fourth-order valence-corrected chi connectivity index (χ4v) is 3.95. The average Bonchev–Trinajstić information content (AvgIpc) is 3.43. The van der Waals surface area contributed by atoms with Crippen molar-refractivity contribution in [2.24, 2.45) is 4.99 Å². The molecule has 0 saturated carbocycles. The van der Waals surface area contributed by atoms with Gasteiger partial charge in [0.05, 0.1) is 0 Å². The molecular formula is C25H32N6. The van der Waals surface area contributed by atoms with Crippen molar-refractivity contribution in [3.05, 3.63) is 83.9 Å². The van der Waals surface area contributed by atoms with Crippen LogP contribution in [-0.2, 0) is 13.1 Å². The summed E-state index contributed by atoms with van der Waals surface area (Å²) in [6, 6.07) is 19.6. The molecule has 1 aliphatic heterocycles. The number of anilines is 1. The molecule has 4 rings (SSSR count). The lowest BCUT2D eigenvalue weighted by molar-refractivity contribution is 0.645. The van der Waals surface area contributed by atoms with Gasteiger partial charge in [0.15, 0.2) is 5.96 Å². The lowest BCUT2D eigenvalue weighted by Crippen LogP contribution is -2.44. The number of aliphatic imine (C=N–C) groups is 1. The molecule has 0 aliphatic carbocycles. The molecule has 2 aromatic carbocycles. The summed E-state index contributed by atoms with van der Waals surface area (Å²) in [4.78, 5) is 11.8. The van der Waals surface area contributed by atoms with E-state index in [0.29, 0.717) is 12.6 Å². The number of aryl methyl sites for hydroxylation is 1. The van der Waals surface area contributed by atoms with Crippen LogP contribution in [0.3, 0.4) is 0 Å². The summed E-state index contributed by atoms with van der Waals surface area (Å²) in [7, 11) is 0.